The molecule has 0 radical (unpaired) electrons. The quantitative estimate of drug-likeness (QED) is 0.351. The Hall–Kier alpha value is -4.64. The van der Waals surface area contributed by atoms with Crippen molar-refractivity contribution in [2.75, 3.05) is 38.2 Å². The topological polar surface area (TPSA) is 135 Å². The average molecular weight is 526 g/mol. The summed E-state index contributed by atoms with van der Waals surface area (Å²) in [6.07, 6.45) is 11.3. The molecule has 200 valence electrons. The third-order valence-corrected chi connectivity index (χ3v) is 6.66. The Morgan fingerprint density at radius 3 is 2.72 bits per heavy atom. The van der Waals surface area contributed by atoms with Gasteiger partial charge in [-0.25, -0.2) is 9.97 Å². The van der Waals surface area contributed by atoms with E-state index in [0.29, 0.717) is 41.5 Å². The van der Waals surface area contributed by atoms with E-state index >= 15 is 0 Å². The molecule has 5 rings (SSSR count). The molecule has 11 heteroatoms. The number of imidazole rings is 1. The summed E-state index contributed by atoms with van der Waals surface area (Å²) in [5.74, 6) is 1.14. The number of hydrogen-bond donors (Lipinski definition) is 2. The zero-order chi connectivity index (χ0) is 27.4. The van der Waals surface area contributed by atoms with E-state index in [1.807, 2.05) is 52.7 Å². The second kappa shape index (κ2) is 11.4. The molecular formula is C28H31N9O2. The van der Waals surface area contributed by atoms with Crippen molar-refractivity contribution in [2.45, 2.75) is 25.3 Å². The fourth-order valence-corrected chi connectivity index (χ4v) is 4.78. The number of likely N-dealkylation sites (N-methyl/N-ethyl adjacent to an activating group) is 1. The number of fused-ring (bicyclic) bond motifs is 1. The van der Waals surface area contributed by atoms with Gasteiger partial charge in [0.25, 0.3) is 5.91 Å². The summed E-state index contributed by atoms with van der Waals surface area (Å²) in [6, 6.07) is 10.3. The molecule has 0 spiro atoms. The Morgan fingerprint density at radius 2 is 1.97 bits per heavy atom. The smallest absolute Gasteiger partial charge is 0.256 e. The third-order valence-electron chi connectivity index (χ3n) is 6.66. The van der Waals surface area contributed by atoms with Crippen LogP contribution in [0.25, 0.3) is 16.8 Å². The number of amides is 2. The first kappa shape index (κ1) is 26.0. The van der Waals surface area contributed by atoms with Crippen LogP contribution < -0.4 is 11.1 Å². The monoisotopic (exact) mass is 525 g/mol. The number of benzene rings is 1. The van der Waals surface area contributed by atoms with Gasteiger partial charge in [-0.15, -0.1) is 5.10 Å². The van der Waals surface area contributed by atoms with E-state index in [4.69, 9.17) is 10.7 Å². The van der Waals surface area contributed by atoms with Crippen LogP contribution in [0.3, 0.4) is 0 Å². The van der Waals surface area contributed by atoms with Gasteiger partial charge >= 0.3 is 0 Å². The largest absolute Gasteiger partial charge is 0.382 e. The molecule has 4 heterocycles. The number of anilines is 2. The van der Waals surface area contributed by atoms with Crippen molar-refractivity contribution < 1.29 is 9.59 Å². The number of carbonyl (C=O) groups excluding carboxylic acids is 2. The van der Waals surface area contributed by atoms with Crippen molar-refractivity contribution in [3.05, 3.63) is 78.5 Å². The van der Waals surface area contributed by atoms with E-state index in [1.165, 1.54) is 0 Å². The Kier molecular flexibility index (Phi) is 7.60. The van der Waals surface area contributed by atoms with Crippen LogP contribution in [0.5, 0.6) is 0 Å². The minimum atomic E-state index is -0.294. The lowest BCUT2D eigenvalue weighted by Gasteiger charge is -2.34. The van der Waals surface area contributed by atoms with Gasteiger partial charge in [-0.05, 0) is 57.6 Å². The molecule has 3 N–H and O–H groups in total. The molecule has 1 aromatic carbocycles. The number of nitrogens with two attached hydrogens (primary N) is 1. The summed E-state index contributed by atoms with van der Waals surface area (Å²) in [6.45, 7) is 1.35. The molecule has 1 aliphatic heterocycles. The number of nitrogens with one attached hydrogen (secondary N) is 1. The highest BCUT2D eigenvalue weighted by molar-refractivity contribution is 6.04. The lowest BCUT2D eigenvalue weighted by atomic mass is 10.0. The van der Waals surface area contributed by atoms with Crippen molar-refractivity contribution in [1.82, 2.24) is 34.4 Å². The maximum atomic E-state index is 13.2. The van der Waals surface area contributed by atoms with E-state index in [1.54, 1.807) is 42.7 Å². The van der Waals surface area contributed by atoms with Gasteiger partial charge in [0.1, 0.15) is 22.9 Å². The predicted molar refractivity (Wildman–Crippen MR) is 149 cm³/mol. The molecule has 1 aliphatic rings. The van der Waals surface area contributed by atoms with Gasteiger partial charge in [0.2, 0.25) is 5.91 Å². The molecule has 39 heavy (non-hydrogen) atoms. The summed E-state index contributed by atoms with van der Waals surface area (Å²) in [5.41, 5.74) is 8.92. The Balaban J connectivity index is 1.47. The zero-order valence-electron chi connectivity index (χ0n) is 22.0. The molecular weight excluding hydrogens is 494 g/mol. The van der Waals surface area contributed by atoms with Crippen molar-refractivity contribution in [2.24, 2.45) is 0 Å². The first-order chi connectivity index (χ1) is 18.9. The van der Waals surface area contributed by atoms with Gasteiger partial charge in [-0.2, -0.15) is 5.10 Å². The van der Waals surface area contributed by atoms with Crippen LogP contribution in [0.1, 0.15) is 41.5 Å². The number of likely N-dealkylation sites (tertiary alicyclic amines) is 1. The standard InChI is InChI=1S/C28H31N9O2/c1-35(2)16-6-9-23(38)36-17-4-3-7-21(36)27-33-24(25-26(29)30-15-18-37(25)27)19-10-12-20(13-11-19)28(39)32-22-8-5-14-31-34-22/h5-6,8-15,18,21H,3-4,7,16-17H2,1-2H3,(H2,29,30)(H,32,34,39)/t21-/m0/s1. The molecule has 0 unspecified atom stereocenters. The Morgan fingerprint density at radius 1 is 1.15 bits per heavy atom. The second-order valence-electron chi connectivity index (χ2n) is 9.70. The SMILES string of the molecule is CN(C)CC=CC(=O)N1CCCC[C@H]1c1nc(-c2ccc(C(=O)Nc3cccnn3)cc2)c2c(N)nccn12. The van der Waals surface area contributed by atoms with Crippen LogP contribution in [0.2, 0.25) is 0 Å². The number of rotatable bonds is 7. The highest BCUT2D eigenvalue weighted by Gasteiger charge is 2.31. The molecule has 11 nitrogen and oxygen atoms in total. The average Bonchev–Trinajstić information content (AvgIpc) is 3.34. The highest BCUT2D eigenvalue weighted by atomic mass is 16.2. The van der Waals surface area contributed by atoms with E-state index in [-0.39, 0.29) is 17.9 Å². The van der Waals surface area contributed by atoms with Gasteiger partial charge in [0.05, 0.1) is 6.04 Å². The lowest BCUT2D eigenvalue weighted by molar-refractivity contribution is -0.130. The minimum Gasteiger partial charge on any atom is -0.382 e. The van der Waals surface area contributed by atoms with Crippen molar-refractivity contribution >= 4 is 29.0 Å². The Labute approximate surface area is 226 Å². The van der Waals surface area contributed by atoms with Crippen LogP contribution in [0.4, 0.5) is 11.6 Å². The van der Waals surface area contributed by atoms with Gasteiger partial charge in [-0.1, -0.05) is 18.2 Å². The first-order valence-electron chi connectivity index (χ1n) is 12.9. The summed E-state index contributed by atoms with van der Waals surface area (Å²) in [7, 11) is 3.93. The van der Waals surface area contributed by atoms with Crippen molar-refractivity contribution in [3.8, 4) is 11.3 Å². The van der Waals surface area contributed by atoms with E-state index in [0.717, 1.165) is 30.7 Å². The number of nitrogen functional groups attached to an aromatic ring is 1. The summed E-state index contributed by atoms with van der Waals surface area (Å²) < 4.78 is 1.94. The first-order valence-corrected chi connectivity index (χ1v) is 12.9. The molecule has 1 atom stereocenters. The summed E-state index contributed by atoms with van der Waals surface area (Å²) in [4.78, 5) is 39.1. The number of aromatic nitrogens is 5. The number of nitrogens with zero attached hydrogens (tertiary/aromatic N) is 7. The molecule has 0 aliphatic carbocycles. The van der Waals surface area contributed by atoms with Gasteiger partial charge in [0, 0.05) is 48.9 Å². The van der Waals surface area contributed by atoms with Gasteiger partial charge in [0.15, 0.2) is 5.82 Å². The fourth-order valence-electron chi connectivity index (χ4n) is 4.78. The summed E-state index contributed by atoms with van der Waals surface area (Å²) >= 11 is 0. The minimum absolute atomic E-state index is 0.0275. The number of piperidine rings is 1. The van der Waals surface area contributed by atoms with E-state index in [2.05, 4.69) is 20.5 Å². The van der Waals surface area contributed by atoms with Crippen molar-refractivity contribution in [3.63, 3.8) is 0 Å². The third kappa shape index (κ3) is 5.63. The molecule has 3 aromatic heterocycles. The predicted octanol–water partition coefficient (Wildman–Crippen LogP) is 3.19. The maximum absolute atomic E-state index is 13.2. The molecule has 4 aromatic rings. The van der Waals surface area contributed by atoms with Crippen molar-refractivity contribution in [1.29, 1.82) is 0 Å². The molecule has 1 saturated heterocycles. The van der Waals surface area contributed by atoms with Crippen LogP contribution >= 0.6 is 0 Å². The number of carbonyl (C=O) groups is 2. The maximum Gasteiger partial charge on any atom is 0.256 e. The highest BCUT2D eigenvalue weighted by Crippen LogP contribution is 2.36. The van der Waals surface area contributed by atoms with Gasteiger partial charge in [-0.3, -0.25) is 14.0 Å². The lowest BCUT2D eigenvalue weighted by Crippen LogP contribution is -2.38. The fraction of sp³-hybridized carbons (Fsp3) is 0.286. The molecule has 0 bridgehead atoms. The van der Waals surface area contributed by atoms with E-state index < -0.39 is 0 Å². The number of hydrogen-bond acceptors (Lipinski definition) is 8. The normalized spacial score (nSPS) is 15.8. The van der Waals surface area contributed by atoms with Crippen LogP contribution in [-0.4, -0.2) is 73.4 Å². The summed E-state index contributed by atoms with van der Waals surface area (Å²) in [5, 5.41) is 10.4. The second-order valence-corrected chi connectivity index (χ2v) is 9.70. The van der Waals surface area contributed by atoms with Crippen LogP contribution in [-0.2, 0) is 4.79 Å². The molecule has 2 amide bonds. The van der Waals surface area contributed by atoms with E-state index in [9.17, 15) is 9.59 Å². The van der Waals surface area contributed by atoms with Gasteiger partial charge < -0.3 is 20.9 Å². The molecule has 0 saturated carbocycles. The zero-order valence-corrected chi connectivity index (χ0v) is 22.0. The van der Waals surface area contributed by atoms with Crippen LogP contribution in [0.15, 0.2) is 67.1 Å². The molecule has 1 fully saturated rings. The van der Waals surface area contributed by atoms with Crippen LogP contribution in [0, 0.1) is 0 Å². The Bertz CT molecular complexity index is 1500.